The smallest absolute Gasteiger partial charge is 0.292 e. The first-order valence-electron chi connectivity index (χ1n) is 4.27. The summed E-state index contributed by atoms with van der Waals surface area (Å²) in [5, 5.41) is 3.06. The third-order valence-corrected chi connectivity index (χ3v) is 2.15. The maximum absolute atomic E-state index is 11.0. The summed E-state index contributed by atoms with van der Waals surface area (Å²) in [7, 11) is 7.36. The van der Waals surface area contributed by atoms with Crippen LogP contribution in [-0.2, 0) is 25.2 Å². The van der Waals surface area contributed by atoms with Crippen molar-refractivity contribution in [2.45, 2.75) is 6.42 Å². The summed E-state index contributed by atoms with van der Waals surface area (Å²) in [6.07, 6.45) is 0.141. The van der Waals surface area contributed by atoms with E-state index in [1.165, 1.54) is 0 Å². The van der Waals surface area contributed by atoms with Gasteiger partial charge in [-0.25, -0.2) is 4.21 Å². The molecule has 0 bridgehead atoms. The Hall–Kier alpha value is -0.620. The molecular formula is C9H6Cl3NO3S. The van der Waals surface area contributed by atoms with Gasteiger partial charge < -0.3 is 5.32 Å². The van der Waals surface area contributed by atoms with Crippen LogP contribution in [0.5, 0.6) is 0 Å². The Morgan fingerprint density at radius 2 is 1.82 bits per heavy atom. The number of amides is 1. The summed E-state index contributed by atoms with van der Waals surface area (Å²) in [5.41, 5.74) is 1.45. The van der Waals surface area contributed by atoms with Crippen LogP contribution in [0.15, 0.2) is 18.2 Å². The van der Waals surface area contributed by atoms with Crippen molar-refractivity contribution in [3.63, 3.8) is 0 Å². The molecule has 17 heavy (non-hydrogen) atoms. The molecule has 1 aliphatic heterocycles. The molecule has 2 rings (SSSR count). The summed E-state index contributed by atoms with van der Waals surface area (Å²) >= 11 is 5.74. The molecule has 1 heterocycles. The van der Waals surface area contributed by atoms with Crippen molar-refractivity contribution in [2.75, 3.05) is 5.32 Å². The minimum atomic E-state index is -1.67. The van der Waals surface area contributed by atoms with Gasteiger partial charge in [-0.05, 0) is 23.8 Å². The molecule has 1 aromatic rings. The summed E-state index contributed by atoms with van der Waals surface area (Å²) in [6.45, 7) is 0. The van der Waals surface area contributed by atoms with Crippen LogP contribution in [0.1, 0.15) is 5.56 Å². The van der Waals surface area contributed by atoms with Gasteiger partial charge in [-0.2, -0.15) is 0 Å². The minimum Gasteiger partial charge on any atom is -0.319 e. The summed E-state index contributed by atoms with van der Waals surface area (Å²) in [5.74, 6) is -0.968. The lowest BCUT2D eigenvalue weighted by Gasteiger charge is -2.15. The van der Waals surface area contributed by atoms with E-state index in [2.05, 4.69) is 26.7 Å². The number of fused-ring (bicyclic) bond motifs is 1. The van der Waals surface area contributed by atoms with Crippen LogP contribution >= 0.6 is 33.0 Å². The molecular weight excluding hydrogens is 309 g/mol. The maximum Gasteiger partial charge on any atom is 0.292 e. The molecule has 0 saturated carbocycles. The van der Waals surface area contributed by atoms with Crippen molar-refractivity contribution < 1.29 is 13.8 Å². The van der Waals surface area contributed by atoms with Crippen molar-refractivity contribution in [2.24, 2.45) is 0 Å². The van der Waals surface area contributed by atoms with E-state index in [0.29, 0.717) is 10.7 Å². The first-order chi connectivity index (χ1) is 7.90. The van der Waals surface area contributed by atoms with Crippen LogP contribution in [0.2, 0.25) is 5.02 Å². The first-order valence-corrected chi connectivity index (χ1v) is 7.45. The molecule has 1 aromatic carbocycles. The quantitative estimate of drug-likeness (QED) is 0.591. The zero-order valence-corrected chi connectivity index (χ0v) is 11.3. The molecule has 0 fully saturated rings. The molecule has 92 valence electrons. The van der Waals surface area contributed by atoms with E-state index < -0.39 is 20.9 Å². The highest BCUT2D eigenvalue weighted by molar-refractivity contribution is 8.26. The summed E-state index contributed by atoms with van der Waals surface area (Å²) < 4.78 is 9.09. The number of Topliss-reactive ketones (excluding diaryl/α,β-unsaturated/α-hetero) is 1. The maximum atomic E-state index is 11.0. The van der Waals surface area contributed by atoms with Crippen molar-refractivity contribution in [3.05, 3.63) is 28.8 Å². The standard InChI is InChI=1S/C9H6ClNO2.Cl2OS/c10-6-1-2-7-5(3-6)4-8(12)9(13)11-7;1-4(2)3/h1-3H,4H2,(H,11,13);. The molecule has 0 aromatic heterocycles. The first kappa shape index (κ1) is 14.4. The van der Waals surface area contributed by atoms with Crippen LogP contribution in [0.3, 0.4) is 0 Å². The number of benzene rings is 1. The number of ketones is 1. The van der Waals surface area contributed by atoms with E-state index in [1.807, 2.05) is 0 Å². The molecule has 0 radical (unpaired) electrons. The van der Waals surface area contributed by atoms with Gasteiger partial charge in [0.1, 0.15) is 0 Å². The Kier molecular flexibility index (Phi) is 5.39. The molecule has 0 unspecified atom stereocenters. The topological polar surface area (TPSA) is 63.2 Å². The number of hydrogen-bond donors (Lipinski definition) is 1. The van der Waals surface area contributed by atoms with Crippen molar-refractivity contribution >= 4 is 59.6 Å². The highest BCUT2D eigenvalue weighted by Crippen LogP contribution is 2.24. The van der Waals surface area contributed by atoms with Gasteiger partial charge >= 0.3 is 0 Å². The molecule has 1 N–H and O–H groups in total. The van der Waals surface area contributed by atoms with Crippen LogP contribution < -0.4 is 5.32 Å². The Labute approximate surface area is 114 Å². The number of rotatable bonds is 0. The van der Waals surface area contributed by atoms with Gasteiger partial charge in [0, 0.05) is 38.5 Å². The average Bonchev–Trinajstić information content (AvgIpc) is 2.19. The zero-order valence-electron chi connectivity index (χ0n) is 8.21. The second-order valence-corrected chi connectivity index (χ2v) is 6.00. The van der Waals surface area contributed by atoms with Crippen molar-refractivity contribution in [1.82, 2.24) is 0 Å². The van der Waals surface area contributed by atoms with Gasteiger partial charge in [-0.15, -0.1) is 0 Å². The number of hydrogen-bond acceptors (Lipinski definition) is 3. The van der Waals surface area contributed by atoms with Crippen LogP contribution in [0.4, 0.5) is 5.69 Å². The van der Waals surface area contributed by atoms with Crippen LogP contribution in [0, 0.1) is 0 Å². The minimum absolute atomic E-state index is 0.141. The number of nitrogens with one attached hydrogen (secondary N) is 1. The lowest BCUT2D eigenvalue weighted by Crippen LogP contribution is -2.29. The number of carbonyl (C=O) groups excluding carboxylic acids is 2. The van der Waals surface area contributed by atoms with Gasteiger partial charge in [-0.1, -0.05) is 11.6 Å². The summed E-state index contributed by atoms with van der Waals surface area (Å²) in [4.78, 5) is 22.0. The lowest BCUT2D eigenvalue weighted by atomic mass is 10.0. The van der Waals surface area contributed by atoms with Crippen molar-refractivity contribution in [1.29, 1.82) is 0 Å². The van der Waals surface area contributed by atoms with Crippen LogP contribution in [-0.4, -0.2) is 15.9 Å². The SMILES string of the molecule is O=C1Cc2cc(Cl)ccc2NC1=O.O=S(Cl)Cl. The second-order valence-electron chi connectivity index (χ2n) is 3.04. The highest BCUT2D eigenvalue weighted by Gasteiger charge is 2.22. The van der Waals surface area contributed by atoms with E-state index in [-0.39, 0.29) is 6.42 Å². The Morgan fingerprint density at radius 3 is 2.41 bits per heavy atom. The van der Waals surface area contributed by atoms with E-state index in [0.717, 1.165) is 5.56 Å². The number of halogens is 3. The lowest BCUT2D eigenvalue weighted by molar-refractivity contribution is -0.134. The monoisotopic (exact) mass is 313 g/mol. The molecule has 0 atom stereocenters. The molecule has 0 spiro atoms. The average molecular weight is 315 g/mol. The Bertz CT molecular complexity index is 488. The van der Waals surface area contributed by atoms with E-state index >= 15 is 0 Å². The van der Waals surface area contributed by atoms with Crippen molar-refractivity contribution in [3.8, 4) is 0 Å². The zero-order chi connectivity index (χ0) is 13.0. The third kappa shape index (κ3) is 4.63. The second kappa shape index (κ2) is 6.35. The third-order valence-electron chi connectivity index (χ3n) is 1.92. The fourth-order valence-corrected chi connectivity index (χ4v) is 1.47. The van der Waals surface area contributed by atoms with E-state index in [4.69, 9.17) is 15.8 Å². The fourth-order valence-electron chi connectivity index (χ4n) is 1.28. The van der Waals surface area contributed by atoms with Gasteiger partial charge in [-0.3, -0.25) is 9.59 Å². The van der Waals surface area contributed by atoms with Gasteiger partial charge in [0.2, 0.25) is 15.0 Å². The molecule has 4 nitrogen and oxygen atoms in total. The predicted molar refractivity (Wildman–Crippen MR) is 68.6 cm³/mol. The summed E-state index contributed by atoms with van der Waals surface area (Å²) in [6, 6.07) is 5.06. The molecule has 1 aliphatic rings. The predicted octanol–water partition coefficient (Wildman–Crippen LogP) is 2.45. The van der Waals surface area contributed by atoms with Gasteiger partial charge in [0.15, 0.2) is 0 Å². The number of carbonyl (C=O) groups is 2. The Morgan fingerprint density at radius 1 is 1.24 bits per heavy atom. The van der Waals surface area contributed by atoms with E-state index in [9.17, 15) is 9.59 Å². The Balaban J connectivity index is 0.000000317. The number of anilines is 1. The van der Waals surface area contributed by atoms with E-state index in [1.54, 1.807) is 18.2 Å². The molecule has 1 amide bonds. The highest BCUT2D eigenvalue weighted by atomic mass is 36.0. The van der Waals surface area contributed by atoms with Gasteiger partial charge in [0.25, 0.3) is 5.91 Å². The molecule has 8 heteroatoms. The fraction of sp³-hybridized carbons (Fsp3) is 0.111. The van der Waals surface area contributed by atoms with Gasteiger partial charge in [0.05, 0.1) is 0 Å². The molecule has 0 saturated heterocycles. The normalized spacial score (nSPS) is 13.6. The van der Waals surface area contributed by atoms with Crippen LogP contribution in [0.25, 0.3) is 0 Å². The largest absolute Gasteiger partial charge is 0.319 e. The molecule has 0 aliphatic carbocycles.